The van der Waals surface area contributed by atoms with Crippen molar-refractivity contribution in [1.82, 2.24) is 14.8 Å². The molecule has 3 aromatic rings. The number of nitrogens with zero attached hydrogens (tertiary/aromatic N) is 3. The highest BCUT2D eigenvalue weighted by molar-refractivity contribution is 5.68. The van der Waals surface area contributed by atoms with Crippen molar-refractivity contribution in [2.45, 2.75) is 12.8 Å². The molecule has 104 valence electrons. The summed E-state index contributed by atoms with van der Waals surface area (Å²) in [5.74, 6) is 2.21. The molecule has 0 saturated heterocycles. The molecule has 0 fully saturated rings. The van der Waals surface area contributed by atoms with Gasteiger partial charge >= 0.3 is 0 Å². The van der Waals surface area contributed by atoms with E-state index in [9.17, 15) is 0 Å². The van der Waals surface area contributed by atoms with Crippen LogP contribution in [-0.2, 0) is 0 Å². The summed E-state index contributed by atoms with van der Waals surface area (Å²) < 4.78 is 2.18. The molecule has 0 radical (unpaired) electrons. The molecule has 1 aliphatic heterocycles. The number of fused-ring (bicyclic) bond motifs is 3. The molecular formula is C17H16N4. The fourth-order valence-corrected chi connectivity index (χ4v) is 2.80. The number of hydrogen-bond donors (Lipinski definition) is 1. The van der Waals surface area contributed by atoms with Gasteiger partial charge in [0.2, 0.25) is 0 Å². The summed E-state index contributed by atoms with van der Waals surface area (Å²) in [5, 5.41) is 12.4. The van der Waals surface area contributed by atoms with Crippen LogP contribution in [-0.4, -0.2) is 21.3 Å². The molecule has 1 unspecified atom stereocenters. The number of nitrogens with one attached hydrogen (secondary N) is 1. The van der Waals surface area contributed by atoms with Gasteiger partial charge in [0.05, 0.1) is 11.4 Å². The largest absolute Gasteiger partial charge is 0.383 e. The van der Waals surface area contributed by atoms with Crippen LogP contribution in [0.1, 0.15) is 18.7 Å². The maximum absolute atomic E-state index is 4.45. The Morgan fingerprint density at radius 3 is 2.62 bits per heavy atom. The SMILES string of the molecule is CC1CNc2ccccc2-n2c(-c3ccccc3)nnc21. The summed E-state index contributed by atoms with van der Waals surface area (Å²) in [4.78, 5) is 0. The van der Waals surface area contributed by atoms with E-state index in [0.29, 0.717) is 5.92 Å². The van der Waals surface area contributed by atoms with E-state index < -0.39 is 0 Å². The van der Waals surface area contributed by atoms with Crippen LogP contribution in [0, 0.1) is 0 Å². The summed E-state index contributed by atoms with van der Waals surface area (Å²) in [6.45, 7) is 3.04. The van der Waals surface area contributed by atoms with Crippen LogP contribution in [0.5, 0.6) is 0 Å². The Kier molecular flexibility index (Phi) is 2.74. The van der Waals surface area contributed by atoms with Crippen molar-refractivity contribution in [3.8, 4) is 17.1 Å². The molecule has 2 heterocycles. The Bertz CT molecular complexity index is 776. The predicted molar refractivity (Wildman–Crippen MR) is 83.7 cm³/mol. The van der Waals surface area contributed by atoms with Crippen molar-refractivity contribution >= 4 is 5.69 Å². The Hall–Kier alpha value is -2.62. The smallest absolute Gasteiger partial charge is 0.168 e. The number of benzene rings is 2. The molecule has 4 nitrogen and oxygen atoms in total. The summed E-state index contributed by atoms with van der Waals surface area (Å²) in [6, 6.07) is 18.5. The molecule has 0 aliphatic carbocycles. The highest BCUT2D eigenvalue weighted by Crippen LogP contribution is 2.32. The second kappa shape index (κ2) is 4.74. The average Bonchev–Trinajstić information content (AvgIpc) is 2.93. The summed E-state index contributed by atoms with van der Waals surface area (Å²) in [7, 11) is 0. The van der Waals surface area contributed by atoms with Gasteiger partial charge in [-0.25, -0.2) is 0 Å². The lowest BCUT2D eigenvalue weighted by Gasteiger charge is -2.11. The zero-order chi connectivity index (χ0) is 14.2. The maximum atomic E-state index is 4.45. The minimum atomic E-state index is 0.308. The fourth-order valence-electron chi connectivity index (χ4n) is 2.80. The summed E-state index contributed by atoms with van der Waals surface area (Å²) >= 11 is 0. The van der Waals surface area contributed by atoms with Crippen molar-refractivity contribution in [3.05, 3.63) is 60.4 Å². The topological polar surface area (TPSA) is 42.7 Å². The second-order valence-corrected chi connectivity index (χ2v) is 5.38. The standard InChI is InChI=1S/C17H16N4/c1-12-11-18-14-9-5-6-10-15(14)21-16(12)19-20-17(21)13-7-3-2-4-8-13/h2-10,12,18H,11H2,1H3. The number of hydrogen-bond acceptors (Lipinski definition) is 3. The Balaban J connectivity index is 2.00. The van der Waals surface area contributed by atoms with Gasteiger partial charge in [-0.2, -0.15) is 0 Å². The van der Waals surface area contributed by atoms with Gasteiger partial charge in [0.15, 0.2) is 5.82 Å². The molecule has 21 heavy (non-hydrogen) atoms. The first-order chi connectivity index (χ1) is 10.3. The molecule has 2 aromatic carbocycles. The third kappa shape index (κ3) is 1.91. The molecule has 4 heteroatoms. The van der Waals surface area contributed by atoms with E-state index >= 15 is 0 Å². The Labute approximate surface area is 123 Å². The van der Waals surface area contributed by atoms with Gasteiger partial charge in [-0.05, 0) is 12.1 Å². The van der Waals surface area contributed by atoms with E-state index in [1.807, 2.05) is 24.3 Å². The fraction of sp³-hybridized carbons (Fsp3) is 0.176. The molecule has 1 aliphatic rings. The lowest BCUT2D eigenvalue weighted by Crippen LogP contribution is -2.09. The van der Waals surface area contributed by atoms with Gasteiger partial charge in [0, 0.05) is 18.0 Å². The summed E-state index contributed by atoms with van der Waals surface area (Å²) in [5.41, 5.74) is 3.32. The first-order valence-corrected chi connectivity index (χ1v) is 7.18. The van der Waals surface area contributed by atoms with E-state index in [1.165, 1.54) is 0 Å². The van der Waals surface area contributed by atoms with Crippen LogP contribution >= 0.6 is 0 Å². The van der Waals surface area contributed by atoms with Gasteiger partial charge in [-0.3, -0.25) is 4.57 Å². The third-order valence-electron chi connectivity index (χ3n) is 3.90. The quantitative estimate of drug-likeness (QED) is 0.740. The van der Waals surface area contributed by atoms with E-state index in [-0.39, 0.29) is 0 Å². The van der Waals surface area contributed by atoms with Gasteiger partial charge in [0.1, 0.15) is 5.82 Å². The van der Waals surface area contributed by atoms with Crippen molar-refractivity contribution in [1.29, 1.82) is 0 Å². The first-order valence-electron chi connectivity index (χ1n) is 7.18. The number of aromatic nitrogens is 3. The molecule has 1 atom stereocenters. The molecule has 0 amide bonds. The predicted octanol–water partition coefficient (Wildman–Crippen LogP) is 3.46. The van der Waals surface area contributed by atoms with Crippen molar-refractivity contribution in [2.75, 3.05) is 11.9 Å². The van der Waals surface area contributed by atoms with Crippen LogP contribution in [0.4, 0.5) is 5.69 Å². The summed E-state index contributed by atoms with van der Waals surface area (Å²) in [6.07, 6.45) is 0. The van der Waals surface area contributed by atoms with Crippen molar-refractivity contribution in [3.63, 3.8) is 0 Å². The van der Waals surface area contributed by atoms with Crippen LogP contribution in [0.15, 0.2) is 54.6 Å². The molecule has 1 N–H and O–H groups in total. The monoisotopic (exact) mass is 276 g/mol. The average molecular weight is 276 g/mol. The zero-order valence-corrected chi connectivity index (χ0v) is 11.8. The van der Waals surface area contributed by atoms with Crippen LogP contribution < -0.4 is 5.32 Å². The van der Waals surface area contributed by atoms with Crippen LogP contribution in [0.2, 0.25) is 0 Å². The number of rotatable bonds is 1. The molecule has 1 aromatic heterocycles. The normalized spacial score (nSPS) is 16.5. The molecule has 0 bridgehead atoms. The van der Waals surface area contributed by atoms with Gasteiger partial charge in [-0.1, -0.05) is 49.4 Å². The Morgan fingerprint density at radius 2 is 1.76 bits per heavy atom. The molecular weight excluding hydrogens is 260 g/mol. The minimum Gasteiger partial charge on any atom is -0.383 e. The molecule has 4 rings (SSSR count). The Morgan fingerprint density at radius 1 is 1.00 bits per heavy atom. The lowest BCUT2D eigenvalue weighted by molar-refractivity contribution is 0.725. The highest BCUT2D eigenvalue weighted by atomic mass is 15.3. The zero-order valence-electron chi connectivity index (χ0n) is 11.8. The van der Waals surface area contributed by atoms with E-state index in [4.69, 9.17) is 0 Å². The van der Waals surface area contributed by atoms with Gasteiger partial charge in [0.25, 0.3) is 0 Å². The molecule has 0 spiro atoms. The van der Waals surface area contributed by atoms with Crippen molar-refractivity contribution in [2.24, 2.45) is 0 Å². The van der Waals surface area contributed by atoms with Gasteiger partial charge < -0.3 is 5.32 Å². The maximum Gasteiger partial charge on any atom is 0.168 e. The highest BCUT2D eigenvalue weighted by Gasteiger charge is 2.24. The third-order valence-corrected chi connectivity index (χ3v) is 3.90. The van der Waals surface area contributed by atoms with Crippen LogP contribution in [0.3, 0.4) is 0 Å². The minimum absolute atomic E-state index is 0.308. The molecule has 0 saturated carbocycles. The number of anilines is 1. The van der Waals surface area contributed by atoms with E-state index in [0.717, 1.165) is 35.1 Å². The van der Waals surface area contributed by atoms with Crippen molar-refractivity contribution < 1.29 is 0 Å². The lowest BCUT2D eigenvalue weighted by atomic mass is 10.1. The van der Waals surface area contributed by atoms with Gasteiger partial charge in [-0.15, -0.1) is 10.2 Å². The van der Waals surface area contributed by atoms with E-state index in [2.05, 4.69) is 57.3 Å². The second-order valence-electron chi connectivity index (χ2n) is 5.38. The van der Waals surface area contributed by atoms with E-state index in [1.54, 1.807) is 0 Å². The van der Waals surface area contributed by atoms with Crippen LogP contribution in [0.25, 0.3) is 17.1 Å². The first kappa shape index (κ1) is 12.1. The number of para-hydroxylation sites is 2.